The molecule has 0 heterocycles. The molecule has 0 amide bonds. The average Bonchev–Trinajstić information content (AvgIpc) is 2.15. The van der Waals surface area contributed by atoms with Crippen molar-refractivity contribution in [2.75, 3.05) is 18.8 Å². The van der Waals surface area contributed by atoms with Crippen LogP contribution >= 0.6 is 15.9 Å². The predicted octanol–water partition coefficient (Wildman–Crippen LogP) is 1.37. The van der Waals surface area contributed by atoms with Gasteiger partial charge in [0.15, 0.2) is 0 Å². The third kappa shape index (κ3) is 3.69. The normalized spacial score (nSPS) is 11.5. The minimum atomic E-state index is -3.64. The molecule has 0 aromatic heterocycles. The largest absolute Gasteiger partial charge is 0.478 e. The van der Waals surface area contributed by atoms with Crippen molar-refractivity contribution in [2.45, 2.75) is 0 Å². The van der Waals surface area contributed by atoms with Gasteiger partial charge in [0.1, 0.15) is 0 Å². The Hall–Kier alpha value is -1.12. The number of anilines is 1. The Bertz CT molecular complexity index is 542. The van der Waals surface area contributed by atoms with Crippen LogP contribution in [0.3, 0.4) is 0 Å². The molecule has 2 N–H and O–H groups in total. The van der Waals surface area contributed by atoms with Crippen molar-refractivity contribution in [3.63, 3.8) is 0 Å². The van der Waals surface area contributed by atoms with E-state index in [4.69, 9.17) is 5.11 Å². The molecule has 1 rings (SSSR count). The van der Waals surface area contributed by atoms with Gasteiger partial charge in [0.05, 0.1) is 11.3 Å². The van der Waals surface area contributed by atoms with Crippen molar-refractivity contribution in [1.29, 1.82) is 0 Å². The van der Waals surface area contributed by atoms with E-state index in [9.17, 15) is 13.2 Å². The molecule has 1 aromatic carbocycles. The molecule has 0 bridgehead atoms. The smallest absolute Gasteiger partial charge is 0.335 e. The predicted molar refractivity (Wildman–Crippen MR) is 67.3 cm³/mol. The zero-order chi connectivity index (χ0) is 13.2. The van der Waals surface area contributed by atoms with E-state index in [1.165, 1.54) is 32.3 Å². The minimum Gasteiger partial charge on any atom is -0.478 e. The monoisotopic (exact) mass is 322 g/mol. The Kier molecular flexibility index (Phi) is 4.12. The summed E-state index contributed by atoms with van der Waals surface area (Å²) < 4.78 is 26.8. The van der Waals surface area contributed by atoms with E-state index < -0.39 is 16.2 Å². The number of carboxylic acid groups (broad SMARTS) is 1. The lowest BCUT2D eigenvalue weighted by Gasteiger charge is -2.13. The summed E-state index contributed by atoms with van der Waals surface area (Å²) in [6, 6.07) is 4.11. The number of halogens is 1. The van der Waals surface area contributed by atoms with Crippen LogP contribution in [0.25, 0.3) is 0 Å². The first-order chi connectivity index (χ1) is 7.72. The summed E-state index contributed by atoms with van der Waals surface area (Å²) >= 11 is 3.11. The fourth-order valence-corrected chi connectivity index (χ4v) is 2.10. The number of aromatic carboxylic acids is 1. The maximum atomic E-state index is 11.5. The number of nitrogens with zero attached hydrogens (tertiary/aromatic N) is 1. The topological polar surface area (TPSA) is 86.7 Å². The van der Waals surface area contributed by atoms with Crippen LogP contribution < -0.4 is 4.72 Å². The van der Waals surface area contributed by atoms with E-state index in [1.54, 1.807) is 0 Å². The van der Waals surface area contributed by atoms with E-state index in [-0.39, 0.29) is 11.3 Å². The Balaban J connectivity index is 3.12. The molecule has 94 valence electrons. The van der Waals surface area contributed by atoms with Gasteiger partial charge in [-0.3, -0.25) is 4.72 Å². The molecule has 17 heavy (non-hydrogen) atoms. The van der Waals surface area contributed by atoms with Crippen molar-refractivity contribution >= 4 is 37.8 Å². The Labute approximate surface area is 108 Å². The van der Waals surface area contributed by atoms with Crippen LogP contribution in [0.2, 0.25) is 0 Å². The highest BCUT2D eigenvalue weighted by atomic mass is 79.9. The first kappa shape index (κ1) is 13.9. The third-order valence-electron chi connectivity index (χ3n) is 1.87. The standard InChI is InChI=1S/C9H11BrN2O4S/c1-12(2)17(15,16)11-8-4-6(9(13)14)3-7(10)5-8/h3-5,11H,1-2H3,(H,13,14). The van der Waals surface area contributed by atoms with Crippen LogP contribution in [-0.2, 0) is 10.2 Å². The van der Waals surface area contributed by atoms with Crippen LogP contribution in [-0.4, -0.2) is 37.9 Å². The quantitative estimate of drug-likeness (QED) is 0.876. The molecule has 0 aliphatic carbocycles. The molecule has 0 radical (unpaired) electrons. The van der Waals surface area contributed by atoms with Gasteiger partial charge in [0.25, 0.3) is 0 Å². The van der Waals surface area contributed by atoms with Gasteiger partial charge in [-0.15, -0.1) is 0 Å². The molecule has 1 aromatic rings. The molecule has 0 unspecified atom stereocenters. The van der Waals surface area contributed by atoms with Gasteiger partial charge in [-0.25, -0.2) is 4.79 Å². The number of hydrogen-bond acceptors (Lipinski definition) is 3. The lowest BCUT2D eigenvalue weighted by atomic mass is 10.2. The van der Waals surface area contributed by atoms with Crippen LogP contribution in [0.15, 0.2) is 22.7 Å². The molecule has 0 saturated carbocycles. The highest BCUT2D eigenvalue weighted by molar-refractivity contribution is 9.10. The average molecular weight is 323 g/mol. The van der Waals surface area contributed by atoms with E-state index in [2.05, 4.69) is 20.7 Å². The second kappa shape index (κ2) is 5.03. The minimum absolute atomic E-state index is 0.00386. The zero-order valence-corrected chi connectivity index (χ0v) is 11.5. The third-order valence-corrected chi connectivity index (χ3v) is 3.79. The van der Waals surface area contributed by atoms with E-state index in [0.717, 1.165) is 4.31 Å². The second-order valence-corrected chi connectivity index (χ2v) is 6.22. The van der Waals surface area contributed by atoms with E-state index in [0.29, 0.717) is 4.47 Å². The van der Waals surface area contributed by atoms with Crippen molar-refractivity contribution in [3.8, 4) is 0 Å². The molecule has 0 spiro atoms. The summed E-state index contributed by atoms with van der Waals surface area (Å²) in [6.07, 6.45) is 0. The fraction of sp³-hybridized carbons (Fsp3) is 0.222. The molecule has 6 nitrogen and oxygen atoms in total. The lowest BCUT2D eigenvalue weighted by Crippen LogP contribution is -2.29. The zero-order valence-electron chi connectivity index (χ0n) is 9.14. The number of nitrogens with one attached hydrogen (secondary N) is 1. The second-order valence-electron chi connectivity index (χ2n) is 3.42. The van der Waals surface area contributed by atoms with Gasteiger partial charge < -0.3 is 5.11 Å². The number of hydrogen-bond donors (Lipinski definition) is 2. The highest BCUT2D eigenvalue weighted by Crippen LogP contribution is 2.20. The SMILES string of the molecule is CN(C)S(=O)(=O)Nc1cc(Br)cc(C(=O)O)c1. The summed E-state index contributed by atoms with van der Waals surface area (Å²) in [6.45, 7) is 0. The van der Waals surface area contributed by atoms with Crippen molar-refractivity contribution in [1.82, 2.24) is 4.31 Å². The molecule has 8 heteroatoms. The van der Waals surface area contributed by atoms with Crippen LogP contribution in [0.4, 0.5) is 5.69 Å². The first-order valence-corrected chi connectivity index (χ1v) is 6.70. The van der Waals surface area contributed by atoms with Gasteiger partial charge in [-0.1, -0.05) is 15.9 Å². The summed E-state index contributed by atoms with van der Waals surface area (Å²) in [5.41, 5.74) is 0.182. The summed E-state index contributed by atoms with van der Waals surface area (Å²) in [5.74, 6) is -1.13. The van der Waals surface area contributed by atoms with Gasteiger partial charge >= 0.3 is 16.2 Å². The Morgan fingerprint density at radius 3 is 2.41 bits per heavy atom. The summed E-state index contributed by atoms with van der Waals surface area (Å²) in [4.78, 5) is 10.8. The van der Waals surface area contributed by atoms with E-state index in [1.807, 2.05) is 0 Å². The number of rotatable bonds is 4. The maximum Gasteiger partial charge on any atom is 0.335 e. The van der Waals surface area contributed by atoms with Gasteiger partial charge in [-0.2, -0.15) is 12.7 Å². The molecule has 0 aliphatic heterocycles. The molecule has 0 atom stereocenters. The fourth-order valence-electron chi connectivity index (χ4n) is 1.01. The number of carbonyl (C=O) groups is 1. The van der Waals surface area contributed by atoms with E-state index >= 15 is 0 Å². The molecule has 0 saturated heterocycles. The van der Waals surface area contributed by atoms with Gasteiger partial charge in [-0.05, 0) is 18.2 Å². The number of carboxylic acids is 1. The summed E-state index contributed by atoms with van der Waals surface area (Å²) in [7, 11) is -0.894. The lowest BCUT2D eigenvalue weighted by molar-refractivity contribution is 0.0697. The highest BCUT2D eigenvalue weighted by Gasteiger charge is 2.14. The van der Waals surface area contributed by atoms with Gasteiger partial charge in [0.2, 0.25) is 0 Å². The molecular formula is C9H11BrN2O4S. The molecule has 0 aliphatic rings. The molecular weight excluding hydrogens is 312 g/mol. The first-order valence-electron chi connectivity index (χ1n) is 4.46. The van der Waals surface area contributed by atoms with Crippen LogP contribution in [0.1, 0.15) is 10.4 Å². The number of benzene rings is 1. The Morgan fingerprint density at radius 1 is 1.35 bits per heavy atom. The van der Waals surface area contributed by atoms with Crippen LogP contribution in [0.5, 0.6) is 0 Å². The summed E-state index contributed by atoms with van der Waals surface area (Å²) in [5, 5.41) is 8.83. The van der Waals surface area contributed by atoms with Crippen LogP contribution in [0, 0.1) is 0 Å². The van der Waals surface area contributed by atoms with Crippen molar-refractivity contribution in [2.24, 2.45) is 0 Å². The molecule has 0 fully saturated rings. The van der Waals surface area contributed by atoms with Crippen molar-refractivity contribution in [3.05, 3.63) is 28.2 Å². The van der Waals surface area contributed by atoms with Crippen molar-refractivity contribution < 1.29 is 18.3 Å². The van der Waals surface area contributed by atoms with Gasteiger partial charge in [0, 0.05) is 18.6 Å². The maximum absolute atomic E-state index is 11.5. The Morgan fingerprint density at radius 2 is 1.94 bits per heavy atom.